The fraction of sp³-hybridized carbons (Fsp3) is 0.636. The van der Waals surface area contributed by atoms with Gasteiger partial charge in [-0.2, -0.15) is 0 Å². The molecule has 82 valence electrons. The molecule has 1 saturated heterocycles. The van der Waals surface area contributed by atoms with E-state index in [0.29, 0.717) is 12.0 Å². The maximum absolute atomic E-state index is 5.99. The van der Waals surface area contributed by atoms with E-state index in [1.807, 2.05) is 13.0 Å². The van der Waals surface area contributed by atoms with Gasteiger partial charge in [-0.3, -0.25) is 0 Å². The van der Waals surface area contributed by atoms with Crippen LogP contribution in [-0.2, 0) is 0 Å². The molecule has 2 heterocycles. The Bertz CT molecular complexity index is 339. The molecule has 0 spiro atoms. The van der Waals surface area contributed by atoms with E-state index in [1.54, 1.807) is 6.33 Å². The van der Waals surface area contributed by atoms with E-state index in [9.17, 15) is 0 Å². The molecule has 2 unspecified atom stereocenters. The molecule has 1 aliphatic heterocycles. The van der Waals surface area contributed by atoms with Crippen molar-refractivity contribution in [2.24, 2.45) is 11.7 Å². The summed E-state index contributed by atoms with van der Waals surface area (Å²) >= 11 is 0. The highest BCUT2D eigenvalue weighted by atomic mass is 15.2. The SMILES string of the molecule is Cc1cc(N2CCC(N)C(C)C2)ncn1. The van der Waals surface area contributed by atoms with Crippen LogP contribution in [0.1, 0.15) is 19.0 Å². The van der Waals surface area contributed by atoms with Gasteiger partial charge in [0.2, 0.25) is 0 Å². The number of hydrogen-bond donors (Lipinski definition) is 1. The molecule has 0 aromatic carbocycles. The van der Waals surface area contributed by atoms with Gasteiger partial charge in [-0.05, 0) is 19.3 Å². The van der Waals surface area contributed by atoms with E-state index in [4.69, 9.17) is 5.73 Å². The molecule has 0 radical (unpaired) electrons. The van der Waals surface area contributed by atoms with Gasteiger partial charge in [-0.15, -0.1) is 0 Å². The Kier molecular flexibility index (Phi) is 2.86. The second-order valence-electron chi connectivity index (χ2n) is 4.39. The van der Waals surface area contributed by atoms with Crippen molar-refractivity contribution in [2.45, 2.75) is 26.3 Å². The molecule has 4 nitrogen and oxygen atoms in total. The second-order valence-corrected chi connectivity index (χ2v) is 4.39. The van der Waals surface area contributed by atoms with Crippen LogP contribution in [0, 0.1) is 12.8 Å². The predicted octanol–water partition coefficient (Wildman–Crippen LogP) is 0.959. The van der Waals surface area contributed by atoms with Crippen molar-refractivity contribution in [1.29, 1.82) is 0 Å². The Morgan fingerprint density at radius 2 is 2.27 bits per heavy atom. The van der Waals surface area contributed by atoms with Crippen molar-refractivity contribution in [3.05, 3.63) is 18.1 Å². The predicted molar refractivity (Wildman–Crippen MR) is 60.7 cm³/mol. The molecule has 1 aliphatic rings. The van der Waals surface area contributed by atoms with Crippen molar-refractivity contribution < 1.29 is 0 Å². The summed E-state index contributed by atoms with van der Waals surface area (Å²) in [6, 6.07) is 2.37. The molecule has 0 amide bonds. The first kappa shape index (κ1) is 10.4. The van der Waals surface area contributed by atoms with E-state index in [2.05, 4.69) is 21.8 Å². The average molecular weight is 206 g/mol. The van der Waals surface area contributed by atoms with Gasteiger partial charge < -0.3 is 10.6 Å². The highest BCUT2D eigenvalue weighted by Crippen LogP contribution is 2.20. The zero-order valence-corrected chi connectivity index (χ0v) is 9.35. The number of nitrogens with two attached hydrogens (primary N) is 1. The highest BCUT2D eigenvalue weighted by molar-refractivity contribution is 5.39. The summed E-state index contributed by atoms with van der Waals surface area (Å²) in [5, 5.41) is 0. The van der Waals surface area contributed by atoms with Gasteiger partial charge in [0, 0.05) is 30.9 Å². The summed E-state index contributed by atoms with van der Waals surface area (Å²) in [5.74, 6) is 1.57. The number of aromatic nitrogens is 2. The molecule has 0 aliphatic carbocycles. The first-order chi connectivity index (χ1) is 7.16. The number of anilines is 1. The number of rotatable bonds is 1. The van der Waals surface area contributed by atoms with Gasteiger partial charge in [-0.1, -0.05) is 6.92 Å². The summed E-state index contributed by atoms with van der Waals surface area (Å²) in [4.78, 5) is 10.7. The molecule has 1 aromatic heterocycles. The van der Waals surface area contributed by atoms with Crippen LogP contribution in [0.25, 0.3) is 0 Å². The van der Waals surface area contributed by atoms with E-state index in [-0.39, 0.29) is 0 Å². The maximum atomic E-state index is 5.99. The van der Waals surface area contributed by atoms with E-state index in [1.165, 1.54) is 0 Å². The summed E-state index contributed by atoms with van der Waals surface area (Å²) in [7, 11) is 0. The lowest BCUT2D eigenvalue weighted by atomic mass is 9.95. The molecule has 1 aromatic rings. The molecular formula is C11H18N4. The minimum absolute atomic E-state index is 0.337. The van der Waals surface area contributed by atoms with Crippen molar-refractivity contribution in [2.75, 3.05) is 18.0 Å². The second kappa shape index (κ2) is 4.14. The highest BCUT2D eigenvalue weighted by Gasteiger charge is 2.23. The Hall–Kier alpha value is -1.16. The molecule has 2 atom stereocenters. The van der Waals surface area contributed by atoms with Gasteiger partial charge in [-0.25, -0.2) is 9.97 Å². The van der Waals surface area contributed by atoms with E-state index in [0.717, 1.165) is 31.0 Å². The van der Waals surface area contributed by atoms with Crippen LogP contribution < -0.4 is 10.6 Å². The van der Waals surface area contributed by atoms with Crippen LogP contribution in [0.2, 0.25) is 0 Å². The molecule has 4 heteroatoms. The van der Waals surface area contributed by atoms with Crippen molar-refractivity contribution in [1.82, 2.24) is 9.97 Å². The van der Waals surface area contributed by atoms with Gasteiger partial charge in [0.25, 0.3) is 0 Å². The third-order valence-corrected chi connectivity index (χ3v) is 3.08. The summed E-state index contributed by atoms with van der Waals surface area (Å²) < 4.78 is 0. The fourth-order valence-electron chi connectivity index (χ4n) is 1.99. The Morgan fingerprint density at radius 3 is 2.93 bits per heavy atom. The van der Waals surface area contributed by atoms with Crippen LogP contribution in [-0.4, -0.2) is 29.1 Å². The number of hydrogen-bond acceptors (Lipinski definition) is 4. The van der Waals surface area contributed by atoms with Crippen molar-refractivity contribution in [3.63, 3.8) is 0 Å². The van der Waals surface area contributed by atoms with Crippen LogP contribution in [0.3, 0.4) is 0 Å². The maximum Gasteiger partial charge on any atom is 0.132 e. The lowest BCUT2D eigenvalue weighted by Gasteiger charge is -2.35. The topological polar surface area (TPSA) is 55.0 Å². The fourth-order valence-corrected chi connectivity index (χ4v) is 1.99. The normalized spacial score (nSPS) is 26.7. The standard InChI is InChI=1S/C11H18N4/c1-8-6-15(4-3-10(8)12)11-5-9(2)13-7-14-11/h5,7-8,10H,3-4,6,12H2,1-2H3. The molecule has 0 saturated carbocycles. The van der Waals surface area contributed by atoms with Crippen molar-refractivity contribution >= 4 is 5.82 Å². The van der Waals surface area contributed by atoms with E-state index >= 15 is 0 Å². The van der Waals surface area contributed by atoms with Crippen LogP contribution in [0.4, 0.5) is 5.82 Å². The minimum atomic E-state index is 0.337. The minimum Gasteiger partial charge on any atom is -0.356 e. The monoisotopic (exact) mass is 206 g/mol. The van der Waals surface area contributed by atoms with Crippen molar-refractivity contribution in [3.8, 4) is 0 Å². The molecule has 2 rings (SSSR count). The number of nitrogens with zero attached hydrogens (tertiary/aromatic N) is 3. The molecule has 15 heavy (non-hydrogen) atoms. The van der Waals surface area contributed by atoms with E-state index < -0.39 is 0 Å². The van der Waals surface area contributed by atoms with Crippen LogP contribution in [0.15, 0.2) is 12.4 Å². The smallest absolute Gasteiger partial charge is 0.132 e. The molecule has 0 bridgehead atoms. The van der Waals surface area contributed by atoms with Gasteiger partial charge >= 0.3 is 0 Å². The largest absolute Gasteiger partial charge is 0.356 e. The van der Waals surface area contributed by atoms with Gasteiger partial charge in [0.15, 0.2) is 0 Å². The summed E-state index contributed by atoms with van der Waals surface area (Å²) in [6.45, 7) is 6.19. The Balaban J connectivity index is 2.12. The Labute approximate surface area is 90.5 Å². The zero-order chi connectivity index (χ0) is 10.8. The summed E-state index contributed by atoms with van der Waals surface area (Å²) in [6.07, 6.45) is 2.67. The number of piperidine rings is 1. The van der Waals surface area contributed by atoms with Gasteiger partial charge in [0.05, 0.1) is 0 Å². The first-order valence-corrected chi connectivity index (χ1v) is 5.46. The average Bonchev–Trinajstić information content (AvgIpc) is 2.22. The first-order valence-electron chi connectivity index (χ1n) is 5.46. The quantitative estimate of drug-likeness (QED) is 0.743. The summed E-state index contributed by atoms with van der Waals surface area (Å²) in [5.41, 5.74) is 7.01. The third-order valence-electron chi connectivity index (χ3n) is 3.08. The molecular weight excluding hydrogens is 188 g/mol. The van der Waals surface area contributed by atoms with Crippen LogP contribution >= 0.6 is 0 Å². The Morgan fingerprint density at radius 1 is 1.47 bits per heavy atom. The zero-order valence-electron chi connectivity index (χ0n) is 9.35. The molecule has 2 N–H and O–H groups in total. The number of aryl methyl sites for hydroxylation is 1. The van der Waals surface area contributed by atoms with Crippen LogP contribution in [0.5, 0.6) is 0 Å². The molecule has 1 fully saturated rings. The lowest BCUT2D eigenvalue weighted by molar-refractivity contribution is 0.381. The third kappa shape index (κ3) is 2.26. The van der Waals surface area contributed by atoms with Gasteiger partial charge in [0.1, 0.15) is 12.1 Å². The lowest BCUT2D eigenvalue weighted by Crippen LogP contribution is -2.46.